The molecule has 25 heavy (non-hydrogen) atoms. The third-order valence-corrected chi connectivity index (χ3v) is 3.24. The third-order valence-electron chi connectivity index (χ3n) is 3.24. The lowest BCUT2D eigenvalue weighted by atomic mass is 10.2. The number of aliphatic hydroxyl groups is 1. The van der Waals surface area contributed by atoms with E-state index in [1.54, 1.807) is 48.4 Å². The van der Waals surface area contributed by atoms with Gasteiger partial charge in [0.2, 0.25) is 0 Å². The van der Waals surface area contributed by atoms with Gasteiger partial charge in [-0.05, 0) is 24.3 Å². The molecule has 1 amide bonds. The predicted molar refractivity (Wildman–Crippen MR) is 97.6 cm³/mol. The van der Waals surface area contributed by atoms with Crippen LogP contribution in [0.4, 0.5) is 11.5 Å². The first-order valence-electron chi connectivity index (χ1n) is 8.09. The fourth-order valence-corrected chi connectivity index (χ4v) is 2.21. The van der Waals surface area contributed by atoms with Crippen molar-refractivity contribution in [3.05, 3.63) is 42.4 Å². The maximum absolute atomic E-state index is 12.4. The standard InChI is InChI=1S/C15H16N6O2.C2H6/c1-21-14-11(4-5-12(19-14)17-7-8-22)13(20-21)15(23)18-10-3-2-6-16-9-10;1-2/h2-6,9,22H,7-8H2,1H3,(H,17,19)(H,18,23);1-2H3. The summed E-state index contributed by atoms with van der Waals surface area (Å²) in [5.41, 5.74) is 1.49. The Balaban J connectivity index is 0.00000109. The van der Waals surface area contributed by atoms with Gasteiger partial charge in [0.05, 0.1) is 23.9 Å². The lowest BCUT2D eigenvalue weighted by Gasteiger charge is -2.04. The van der Waals surface area contributed by atoms with Gasteiger partial charge in [-0.2, -0.15) is 5.10 Å². The molecule has 0 unspecified atom stereocenters. The number of fused-ring (bicyclic) bond motifs is 1. The van der Waals surface area contributed by atoms with E-state index in [-0.39, 0.29) is 12.5 Å². The van der Waals surface area contributed by atoms with Crippen molar-refractivity contribution in [2.24, 2.45) is 7.05 Å². The zero-order valence-corrected chi connectivity index (χ0v) is 14.5. The van der Waals surface area contributed by atoms with E-state index in [2.05, 4.69) is 25.7 Å². The molecule has 3 N–H and O–H groups in total. The Morgan fingerprint density at radius 1 is 1.28 bits per heavy atom. The van der Waals surface area contributed by atoms with Crippen LogP contribution in [0.2, 0.25) is 0 Å². The lowest BCUT2D eigenvalue weighted by Crippen LogP contribution is -2.13. The SMILES string of the molecule is CC.Cn1nc(C(=O)Nc2cccnc2)c2ccc(NCCO)nc21. The van der Waals surface area contributed by atoms with Crippen LogP contribution >= 0.6 is 0 Å². The normalized spacial score (nSPS) is 10.1. The quantitative estimate of drug-likeness (QED) is 0.655. The molecule has 8 heteroatoms. The summed E-state index contributed by atoms with van der Waals surface area (Å²) in [5.74, 6) is 0.301. The fraction of sp³-hybridized carbons (Fsp3) is 0.294. The molecule has 0 aliphatic rings. The van der Waals surface area contributed by atoms with E-state index in [0.717, 1.165) is 0 Å². The fourth-order valence-electron chi connectivity index (χ4n) is 2.21. The number of nitrogens with one attached hydrogen (secondary N) is 2. The molecule has 0 aliphatic heterocycles. The molecule has 132 valence electrons. The Bertz CT molecular complexity index is 832. The van der Waals surface area contributed by atoms with Crippen molar-refractivity contribution in [1.82, 2.24) is 19.7 Å². The molecule has 0 spiro atoms. The van der Waals surface area contributed by atoms with Gasteiger partial charge in [0.15, 0.2) is 11.3 Å². The molecule has 8 nitrogen and oxygen atoms in total. The van der Waals surface area contributed by atoms with Crippen molar-refractivity contribution >= 4 is 28.4 Å². The summed E-state index contributed by atoms with van der Waals surface area (Å²) in [6, 6.07) is 7.03. The summed E-state index contributed by atoms with van der Waals surface area (Å²) in [4.78, 5) is 20.8. The van der Waals surface area contributed by atoms with Gasteiger partial charge in [-0.15, -0.1) is 0 Å². The van der Waals surface area contributed by atoms with Crippen molar-refractivity contribution < 1.29 is 9.90 Å². The van der Waals surface area contributed by atoms with Crippen molar-refractivity contribution in [3.8, 4) is 0 Å². The average Bonchev–Trinajstić information content (AvgIpc) is 2.99. The van der Waals surface area contributed by atoms with Crippen LogP contribution in [0.5, 0.6) is 0 Å². The molecule has 0 aliphatic carbocycles. The third kappa shape index (κ3) is 4.30. The van der Waals surface area contributed by atoms with E-state index >= 15 is 0 Å². The van der Waals surface area contributed by atoms with Crippen LogP contribution in [0.1, 0.15) is 24.3 Å². The number of carbonyl (C=O) groups is 1. The Hall–Kier alpha value is -3.00. The minimum absolute atomic E-state index is 0.0177. The van der Waals surface area contributed by atoms with Crippen LogP contribution in [-0.4, -0.2) is 43.9 Å². The molecule has 3 aromatic rings. The van der Waals surface area contributed by atoms with Crippen LogP contribution in [0.15, 0.2) is 36.7 Å². The Morgan fingerprint density at radius 3 is 2.76 bits per heavy atom. The smallest absolute Gasteiger partial charge is 0.276 e. The Kier molecular flexibility index (Phi) is 6.41. The minimum atomic E-state index is -0.318. The van der Waals surface area contributed by atoms with Gasteiger partial charge in [-0.25, -0.2) is 9.67 Å². The van der Waals surface area contributed by atoms with E-state index in [4.69, 9.17) is 5.11 Å². The number of anilines is 2. The van der Waals surface area contributed by atoms with Gasteiger partial charge in [-0.1, -0.05) is 13.8 Å². The monoisotopic (exact) mass is 342 g/mol. The summed E-state index contributed by atoms with van der Waals surface area (Å²) in [6.45, 7) is 4.43. The first-order valence-corrected chi connectivity index (χ1v) is 8.09. The van der Waals surface area contributed by atoms with E-state index in [1.165, 1.54) is 0 Å². The van der Waals surface area contributed by atoms with E-state index in [0.29, 0.717) is 34.8 Å². The molecule has 0 radical (unpaired) electrons. The molecule has 3 aromatic heterocycles. The highest BCUT2D eigenvalue weighted by atomic mass is 16.3. The number of aromatic nitrogens is 4. The number of nitrogens with zero attached hydrogens (tertiary/aromatic N) is 4. The lowest BCUT2D eigenvalue weighted by molar-refractivity contribution is 0.102. The molecule has 0 aromatic carbocycles. The van der Waals surface area contributed by atoms with Gasteiger partial charge in [0, 0.05) is 19.8 Å². The highest BCUT2D eigenvalue weighted by molar-refractivity contribution is 6.10. The Morgan fingerprint density at radius 2 is 2.08 bits per heavy atom. The van der Waals surface area contributed by atoms with Crippen molar-refractivity contribution in [2.75, 3.05) is 23.8 Å². The number of pyridine rings is 2. The van der Waals surface area contributed by atoms with Crippen molar-refractivity contribution in [1.29, 1.82) is 0 Å². The first kappa shape index (κ1) is 18.3. The van der Waals surface area contributed by atoms with Crippen LogP contribution in [-0.2, 0) is 7.05 Å². The summed E-state index contributed by atoms with van der Waals surface area (Å²) >= 11 is 0. The highest BCUT2D eigenvalue weighted by Gasteiger charge is 2.17. The predicted octanol–water partition coefficient (Wildman–Crippen LogP) is 2.05. The van der Waals surface area contributed by atoms with Gasteiger partial charge in [-0.3, -0.25) is 9.78 Å². The topological polar surface area (TPSA) is 105 Å². The first-order chi connectivity index (χ1) is 12.2. The van der Waals surface area contributed by atoms with Crippen LogP contribution in [0.3, 0.4) is 0 Å². The second-order valence-electron chi connectivity index (χ2n) is 4.89. The average molecular weight is 342 g/mol. The van der Waals surface area contributed by atoms with Gasteiger partial charge < -0.3 is 15.7 Å². The summed E-state index contributed by atoms with van der Waals surface area (Å²) < 4.78 is 1.55. The molecule has 0 atom stereocenters. The zero-order valence-electron chi connectivity index (χ0n) is 14.5. The van der Waals surface area contributed by atoms with E-state index in [9.17, 15) is 4.79 Å². The van der Waals surface area contributed by atoms with Crippen LogP contribution in [0.25, 0.3) is 11.0 Å². The highest BCUT2D eigenvalue weighted by Crippen LogP contribution is 2.19. The van der Waals surface area contributed by atoms with Gasteiger partial charge >= 0.3 is 0 Å². The van der Waals surface area contributed by atoms with E-state index in [1.807, 2.05) is 13.8 Å². The number of carbonyl (C=O) groups excluding carboxylic acids is 1. The number of aryl methyl sites for hydroxylation is 1. The minimum Gasteiger partial charge on any atom is -0.395 e. The molecule has 0 saturated heterocycles. The second-order valence-corrected chi connectivity index (χ2v) is 4.89. The van der Waals surface area contributed by atoms with Gasteiger partial charge in [0.25, 0.3) is 5.91 Å². The van der Waals surface area contributed by atoms with E-state index < -0.39 is 0 Å². The second kappa shape index (κ2) is 8.74. The maximum atomic E-state index is 12.4. The van der Waals surface area contributed by atoms with Gasteiger partial charge in [0.1, 0.15) is 5.82 Å². The number of rotatable bonds is 5. The molecule has 3 heterocycles. The molecule has 3 rings (SSSR count). The molecular formula is C17H22N6O2. The summed E-state index contributed by atoms with van der Waals surface area (Å²) in [6.07, 6.45) is 3.20. The van der Waals surface area contributed by atoms with Crippen molar-refractivity contribution in [2.45, 2.75) is 13.8 Å². The Labute approximate surface area is 145 Å². The maximum Gasteiger partial charge on any atom is 0.276 e. The summed E-state index contributed by atoms with van der Waals surface area (Å²) in [7, 11) is 1.73. The largest absolute Gasteiger partial charge is 0.395 e. The number of hydrogen-bond acceptors (Lipinski definition) is 6. The van der Waals surface area contributed by atoms with Crippen LogP contribution in [0, 0.1) is 0 Å². The molecular weight excluding hydrogens is 320 g/mol. The number of amides is 1. The summed E-state index contributed by atoms with van der Waals surface area (Å²) in [5, 5.41) is 19.5. The number of hydrogen-bond donors (Lipinski definition) is 3. The molecule has 0 bridgehead atoms. The zero-order chi connectivity index (χ0) is 18.2. The molecule has 0 fully saturated rings. The van der Waals surface area contributed by atoms with Crippen molar-refractivity contribution in [3.63, 3.8) is 0 Å². The molecule has 0 saturated carbocycles. The van der Waals surface area contributed by atoms with Crippen LogP contribution < -0.4 is 10.6 Å². The number of aliphatic hydroxyl groups excluding tert-OH is 1.